The first-order valence-corrected chi connectivity index (χ1v) is 9.22. The van der Waals surface area contributed by atoms with Gasteiger partial charge in [0.2, 0.25) is 0 Å². The molecule has 3 aromatic rings. The number of rotatable bonds is 5. The van der Waals surface area contributed by atoms with E-state index in [9.17, 15) is 4.79 Å². The van der Waals surface area contributed by atoms with E-state index in [4.69, 9.17) is 21.3 Å². The van der Waals surface area contributed by atoms with Crippen LogP contribution in [0, 0.1) is 6.92 Å². The average Bonchev–Trinajstić information content (AvgIpc) is 2.96. The molecule has 0 amide bonds. The van der Waals surface area contributed by atoms with Gasteiger partial charge in [0.15, 0.2) is 0 Å². The van der Waals surface area contributed by atoms with E-state index < -0.39 is 0 Å². The largest absolute Gasteiger partial charge is 0.462 e. The van der Waals surface area contributed by atoms with E-state index in [1.54, 1.807) is 6.92 Å². The molecule has 0 atom stereocenters. The van der Waals surface area contributed by atoms with E-state index in [-0.39, 0.29) is 11.9 Å². The van der Waals surface area contributed by atoms with Crippen molar-refractivity contribution in [2.24, 2.45) is 0 Å². The smallest absolute Gasteiger partial charge is 0.338 e. The van der Waals surface area contributed by atoms with Crippen molar-refractivity contribution in [3.05, 3.63) is 69.6 Å². The predicted octanol–water partition coefficient (Wildman–Crippen LogP) is 5.19. The van der Waals surface area contributed by atoms with Gasteiger partial charge >= 0.3 is 5.97 Å². The van der Waals surface area contributed by atoms with Gasteiger partial charge in [-0.25, -0.2) is 9.78 Å². The van der Waals surface area contributed by atoms with Crippen molar-refractivity contribution < 1.29 is 9.53 Å². The summed E-state index contributed by atoms with van der Waals surface area (Å²) in [5, 5.41) is 0.728. The third kappa shape index (κ3) is 3.61. The number of fused-ring (bicyclic) bond motifs is 1. The van der Waals surface area contributed by atoms with Crippen LogP contribution >= 0.6 is 11.6 Å². The minimum absolute atomic E-state index is 0.280. The number of hydrogen-bond acceptors (Lipinski definition) is 3. The SMILES string of the molecule is CCOC(=O)c1cc(C)n2c(Cc3ccc(Cl)cc3)c(C(C)C)nc2c1. The highest BCUT2D eigenvalue weighted by atomic mass is 35.5. The predicted molar refractivity (Wildman–Crippen MR) is 104 cm³/mol. The molecule has 0 saturated carbocycles. The quantitative estimate of drug-likeness (QED) is 0.580. The lowest BCUT2D eigenvalue weighted by Crippen LogP contribution is -2.08. The zero-order chi connectivity index (χ0) is 18.8. The van der Waals surface area contributed by atoms with E-state index in [1.807, 2.05) is 43.3 Å². The van der Waals surface area contributed by atoms with Crippen LogP contribution in [0.3, 0.4) is 0 Å². The van der Waals surface area contributed by atoms with Crippen LogP contribution in [-0.4, -0.2) is 22.0 Å². The minimum atomic E-state index is -0.313. The van der Waals surface area contributed by atoms with E-state index in [0.717, 1.165) is 34.2 Å². The van der Waals surface area contributed by atoms with Crippen LogP contribution in [-0.2, 0) is 11.2 Å². The topological polar surface area (TPSA) is 43.6 Å². The maximum atomic E-state index is 12.1. The molecule has 26 heavy (non-hydrogen) atoms. The highest BCUT2D eigenvalue weighted by Gasteiger charge is 2.19. The van der Waals surface area contributed by atoms with Gasteiger partial charge in [0.25, 0.3) is 0 Å². The summed E-state index contributed by atoms with van der Waals surface area (Å²) in [6, 6.07) is 11.6. The molecule has 0 aliphatic rings. The number of pyridine rings is 1. The number of nitrogens with zero attached hydrogens (tertiary/aromatic N) is 2. The van der Waals surface area contributed by atoms with Gasteiger partial charge in [0.1, 0.15) is 5.65 Å². The van der Waals surface area contributed by atoms with Crippen LogP contribution in [0.2, 0.25) is 5.02 Å². The summed E-state index contributed by atoms with van der Waals surface area (Å²) in [7, 11) is 0. The lowest BCUT2D eigenvalue weighted by molar-refractivity contribution is 0.0526. The number of aromatic nitrogens is 2. The number of carbonyl (C=O) groups is 1. The van der Waals surface area contributed by atoms with Gasteiger partial charge in [0.05, 0.1) is 23.6 Å². The molecule has 0 unspecified atom stereocenters. The molecular weight excluding hydrogens is 348 g/mol. The number of esters is 1. The summed E-state index contributed by atoms with van der Waals surface area (Å²) >= 11 is 6.01. The Bertz CT molecular complexity index is 943. The molecule has 0 N–H and O–H groups in total. The second-order valence-electron chi connectivity index (χ2n) is 6.70. The summed E-state index contributed by atoms with van der Waals surface area (Å²) in [6.45, 7) is 8.42. The highest BCUT2D eigenvalue weighted by Crippen LogP contribution is 2.26. The van der Waals surface area contributed by atoms with Crippen LogP contribution in [0.4, 0.5) is 0 Å². The molecule has 3 rings (SSSR count). The number of benzene rings is 1. The lowest BCUT2D eigenvalue weighted by atomic mass is 10.0. The molecule has 0 saturated heterocycles. The van der Waals surface area contributed by atoms with Gasteiger partial charge in [-0.2, -0.15) is 0 Å². The van der Waals surface area contributed by atoms with Crippen molar-refractivity contribution >= 4 is 23.2 Å². The zero-order valence-electron chi connectivity index (χ0n) is 15.5. The van der Waals surface area contributed by atoms with Crippen molar-refractivity contribution in [3.63, 3.8) is 0 Å². The van der Waals surface area contributed by atoms with Crippen LogP contribution < -0.4 is 0 Å². The normalized spacial score (nSPS) is 11.3. The Morgan fingerprint density at radius 1 is 1.23 bits per heavy atom. The monoisotopic (exact) mass is 370 g/mol. The number of aryl methyl sites for hydroxylation is 1. The van der Waals surface area contributed by atoms with Gasteiger partial charge in [-0.1, -0.05) is 37.6 Å². The Labute approximate surface area is 158 Å². The van der Waals surface area contributed by atoms with Crippen molar-refractivity contribution in [1.29, 1.82) is 0 Å². The molecule has 136 valence electrons. The third-order valence-corrected chi connectivity index (χ3v) is 4.63. The zero-order valence-corrected chi connectivity index (χ0v) is 16.3. The maximum Gasteiger partial charge on any atom is 0.338 e. The molecule has 2 aromatic heterocycles. The summed E-state index contributed by atoms with van der Waals surface area (Å²) in [5.41, 5.74) is 5.64. The number of ether oxygens (including phenoxy) is 1. The van der Waals surface area contributed by atoms with Crippen molar-refractivity contribution in [2.75, 3.05) is 6.61 Å². The highest BCUT2D eigenvalue weighted by molar-refractivity contribution is 6.30. The molecule has 0 aliphatic carbocycles. The first-order chi connectivity index (χ1) is 12.4. The second kappa shape index (κ2) is 7.50. The Morgan fingerprint density at radius 2 is 1.92 bits per heavy atom. The van der Waals surface area contributed by atoms with Crippen LogP contribution in [0.1, 0.15) is 59.7 Å². The number of imidazole rings is 1. The van der Waals surface area contributed by atoms with Crippen LogP contribution in [0.15, 0.2) is 36.4 Å². The van der Waals surface area contributed by atoms with E-state index >= 15 is 0 Å². The van der Waals surface area contributed by atoms with Crippen LogP contribution in [0.5, 0.6) is 0 Å². The fraction of sp³-hybridized carbons (Fsp3) is 0.333. The Morgan fingerprint density at radius 3 is 2.54 bits per heavy atom. The number of carbonyl (C=O) groups excluding carboxylic acids is 1. The van der Waals surface area contributed by atoms with Crippen molar-refractivity contribution in [1.82, 2.24) is 9.38 Å². The summed E-state index contributed by atoms with van der Waals surface area (Å²) in [5.74, 6) is -0.0332. The molecule has 0 bridgehead atoms. The van der Waals surface area contributed by atoms with Crippen molar-refractivity contribution in [3.8, 4) is 0 Å². The summed E-state index contributed by atoms with van der Waals surface area (Å²) < 4.78 is 7.27. The molecular formula is C21H23ClN2O2. The van der Waals surface area contributed by atoms with E-state index in [0.29, 0.717) is 12.2 Å². The standard InChI is InChI=1S/C21H23ClN2O2/c1-5-26-21(25)16-10-14(4)24-18(11-15-6-8-17(22)9-7-15)20(13(2)3)23-19(24)12-16/h6-10,12-13H,5,11H2,1-4H3. The molecule has 0 fully saturated rings. The summed E-state index contributed by atoms with van der Waals surface area (Å²) in [4.78, 5) is 16.9. The fourth-order valence-electron chi connectivity index (χ4n) is 3.21. The first-order valence-electron chi connectivity index (χ1n) is 8.84. The molecule has 0 spiro atoms. The Hall–Kier alpha value is -2.33. The van der Waals surface area contributed by atoms with E-state index in [1.165, 1.54) is 5.56 Å². The molecule has 1 aromatic carbocycles. The molecule has 5 heteroatoms. The van der Waals surface area contributed by atoms with Gasteiger partial charge in [-0.3, -0.25) is 0 Å². The molecule has 0 aliphatic heterocycles. The minimum Gasteiger partial charge on any atom is -0.462 e. The van der Waals surface area contributed by atoms with Gasteiger partial charge in [-0.15, -0.1) is 0 Å². The van der Waals surface area contributed by atoms with Gasteiger partial charge in [0, 0.05) is 17.1 Å². The van der Waals surface area contributed by atoms with Crippen molar-refractivity contribution in [2.45, 2.75) is 40.0 Å². The molecule has 2 heterocycles. The number of hydrogen-bond donors (Lipinski definition) is 0. The number of halogens is 1. The average molecular weight is 371 g/mol. The molecule has 4 nitrogen and oxygen atoms in total. The van der Waals surface area contributed by atoms with Crippen LogP contribution in [0.25, 0.3) is 5.65 Å². The van der Waals surface area contributed by atoms with E-state index in [2.05, 4.69) is 18.2 Å². The molecule has 0 radical (unpaired) electrons. The van der Waals surface area contributed by atoms with Gasteiger partial charge < -0.3 is 9.14 Å². The first kappa shape index (κ1) is 18.5. The second-order valence-corrected chi connectivity index (χ2v) is 7.14. The maximum absolute atomic E-state index is 12.1. The Balaban J connectivity index is 2.12. The third-order valence-electron chi connectivity index (χ3n) is 4.37. The fourth-order valence-corrected chi connectivity index (χ4v) is 3.34. The lowest BCUT2D eigenvalue weighted by Gasteiger charge is -2.11. The summed E-state index contributed by atoms with van der Waals surface area (Å²) in [6.07, 6.45) is 0.755. The Kier molecular flexibility index (Phi) is 5.33. The van der Waals surface area contributed by atoms with Gasteiger partial charge in [-0.05, 0) is 49.6 Å².